The standard InChI is InChI=1S/C10H19NO3S/c1-8-6-9-2-3-10(7-8)11(9)15(13,14)5-4-12/h8-10,12H,2-7H2,1H3. The van der Waals surface area contributed by atoms with E-state index in [1.54, 1.807) is 4.31 Å². The van der Waals surface area contributed by atoms with Gasteiger partial charge < -0.3 is 5.11 Å². The van der Waals surface area contributed by atoms with Gasteiger partial charge in [-0.2, -0.15) is 4.31 Å². The highest BCUT2D eigenvalue weighted by atomic mass is 32.2. The third kappa shape index (κ3) is 2.05. The summed E-state index contributed by atoms with van der Waals surface area (Å²) >= 11 is 0. The molecule has 0 aromatic carbocycles. The van der Waals surface area contributed by atoms with E-state index in [0.29, 0.717) is 5.92 Å². The maximum absolute atomic E-state index is 11.9. The Bertz CT molecular complexity index is 314. The van der Waals surface area contributed by atoms with Gasteiger partial charge in [0.15, 0.2) is 0 Å². The van der Waals surface area contributed by atoms with Crippen molar-refractivity contribution >= 4 is 10.0 Å². The van der Waals surface area contributed by atoms with Crippen molar-refractivity contribution in [3.05, 3.63) is 0 Å². The lowest BCUT2D eigenvalue weighted by molar-refractivity contribution is 0.199. The smallest absolute Gasteiger partial charge is 0.216 e. The molecular formula is C10H19NO3S. The van der Waals surface area contributed by atoms with Crippen LogP contribution in [0.4, 0.5) is 0 Å². The van der Waals surface area contributed by atoms with Crippen molar-refractivity contribution in [2.45, 2.75) is 44.7 Å². The summed E-state index contributed by atoms with van der Waals surface area (Å²) in [6.45, 7) is 1.93. The van der Waals surface area contributed by atoms with Crippen LogP contribution in [-0.2, 0) is 10.0 Å². The Morgan fingerprint density at radius 1 is 1.27 bits per heavy atom. The number of aliphatic hydroxyl groups excluding tert-OH is 1. The molecule has 0 aliphatic carbocycles. The molecule has 1 N–H and O–H groups in total. The fourth-order valence-electron chi connectivity index (χ4n) is 3.08. The molecule has 0 aromatic rings. The number of hydrogen-bond acceptors (Lipinski definition) is 3. The van der Waals surface area contributed by atoms with Crippen molar-refractivity contribution in [3.8, 4) is 0 Å². The molecule has 2 rings (SSSR count). The van der Waals surface area contributed by atoms with Crippen LogP contribution >= 0.6 is 0 Å². The molecule has 0 saturated carbocycles. The first-order chi connectivity index (χ1) is 7.04. The topological polar surface area (TPSA) is 57.6 Å². The third-order valence-electron chi connectivity index (χ3n) is 3.57. The van der Waals surface area contributed by atoms with E-state index < -0.39 is 10.0 Å². The summed E-state index contributed by atoms with van der Waals surface area (Å²) in [4.78, 5) is 0. The predicted octanol–water partition coefficient (Wildman–Crippen LogP) is 0.571. The Kier molecular flexibility index (Phi) is 3.05. The van der Waals surface area contributed by atoms with Crippen LogP contribution in [-0.4, -0.2) is 42.3 Å². The zero-order valence-electron chi connectivity index (χ0n) is 9.09. The molecule has 0 amide bonds. The van der Waals surface area contributed by atoms with Crippen molar-refractivity contribution in [1.29, 1.82) is 0 Å². The van der Waals surface area contributed by atoms with E-state index in [9.17, 15) is 8.42 Å². The minimum absolute atomic E-state index is 0.117. The Morgan fingerprint density at radius 2 is 1.80 bits per heavy atom. The molecule has 0 aromatic heterocycles. The number of rotatable bonds is 3. The monoisotopic (exact) mass is 233 g/mol. The molecule has 2 heterocycles. The largest absolute Gasteiger partial charge is 0.395 e. The maximum atomic E-state index is 11.9. The Balaban J connectivity index is 2.18. The van der Waals surface area contributed by atoms with Gasteiger partial charge in [0.05, 0.1) is 12.4 Å². The first-order valence-electron chi connectivity index (χ1n) is 5.66. The molecular weight excluding hydrogens is 214 g/mol. The number of aliphatic hydroxyl groups is 1. The van der Waals surface area contributed by atoms with Gasteiger partial charge >= 0.3 is 0 Å². The lowest BCUT2D eigenvalue weighted by atomic mass is 9.94. The van der Waals surface area contributed by atoms with Gasteiger partial charge in [0, 0.05) is 12.1 Å². The summed E-state index contributed by atoms with van der Waals surface area (Å²) in [5, 5.41) is 8.77. The molecule has 2 aliphatic heterocycles. The van der Waals surface area contributed by atoms with E-state index in [0.717, 1.165) is 25.7 Å². The van der Waals surface area contributed by atoms with Crippen LogP contribution < -0.4 is 0 Å². The first kappa shape index (κ1) is 11.4. The molecule has 88 valence electrons. The number of piperidine rings is 1. The van der Waals surface area contributed by atoms with Crippen molar-refractivity contribution < 1.29 is 13.5 Å². The van der Waals surface area contributed by atoms with Crippen LogP contribution in [0.5, 0.6) is 0 Å². The van der Waals surface area contributed by atoms with Crippen LogP contribution in [0.25, 0.3) is 0 Å². The number of nitrogens with zero attached hydrogens (tertiary/aromatic N) is 1. The van der Waals surface area contributed by atoms with Crippen molar-refractivity contribution in [1.82, 2.24) is 4.31 Å². The summed E-state index contributed by atoms with van der Waals surface area (Å²) in [5.41, 5.74) is 0. The number of hydrogen-bond donors (Lipinski definition) is 1. The lowest BCUT2D eigenvalue weighted by Crippen LogP contribution is -2.47. The number of fused-ring (bicyclic) bond motifs is 2. The zero-order valence-corrected chi connectivity index (χ0v) is 9.91. The van der Waals surface area contributed by atoms with E-state index >= 15 is 0 Å². The van der Waals surface area contributed by atoms with Gasteiger partial charge in [-0.15, -0.1) is 0 Å². The Hall–Kier alpha value is -0.130. The number of sulfonamides is 1. The van der Waals surface area contributed by atoms with Gasteiger partial charge in [-0.05, 0) is 31.6 Å². The van der Waals surface area contributed by atoms with Gasteiger partial charge in [0.1, 0.15) is 0 Å². The van der Waals surface area contributed by atoms with Crippen LogP contribution in [0.1, 0.15) is 32.6 Å². The SMILES string of the molecule is CC1CC2CCC(C1)N2S(=O)(=O)CCO. The molecule has 0 radical (unpaired) electrons. The van der Waals surface area contributed by atoms with E-state index in [1.165, 1.54) is 0 Å². The van der Waals surface area contributed by atoms with E-state index in [4.69, 9.17) is 5.11 Å². The fraction of sp³-hybridized carbons (Fsp3) is 1.00. The lowest BCUT2D eigenvalue weighted by Gasteiger charge is -2.36. The summed E-state index contributed by atoms with van der Waals surface area (Å²) in [6.07, 6.45) is 3.97. The summed E-state index contributed by atoms with van der Waals surface area (Å²) in [6, 6.07) is 0.408. The summed E-state index contributed by atoms with van der Waals surface area (Å²) < 4.78 is 25.5. The highest BCUT2D eigenvalue weighted by Gasteiger charge is 2.45. The van der Waals surface area contributed by atoms with E-state index in [1.807, 2.05) is 0 Å². The molecule has 2 saturated heterocycles. The minimum Gasteiger partial charge on any atom is -0.395 e. The quantitative estimate of drug-likeness (QED) is 0.775. The normalized spacial score (nSPS) is 37.1. The minimum atomic E-state index is -3.21. The van der Waals surface area contributed by atoms with Gasteiger partial charge in [0.25, 0.3) is 0 Å². The average Bonchev–Trinajstić information content (AvgIpc) is 2.40. The molecule has 4 nitrogen and oxygen atoms in total. The summed E-state index contributed by atoms with van der Waals surface area (Å²) in [7, 11) is -3.21. The zero-order chi connectivity index (χ0) is 11.1. The van der Waals surface area contributed by atoms with Crippen LogP contribution in [0.2, 0.25) is 0 Å². The predicted molar refractivity (Wildman–Crippen MR) is 57.9 cm³/mol. The fourth-order valence-corrected chi connectivity index (χ4v) is 4.81. The van der Waals surface area contributed by atoms with Crippen molar-refractivity contribution in [2.24, 2.45) is 5.92 Å². The van der Waals surface area contributed by atoms with Gasteiger partial charge in [-0.1, -0.05) is 6.92 Å². The highest BCUT2D eigenvalue weighted by molar-refractivity contribution is 7.89. The second-order valence-electron chi connectivity index (χ2n) is 4.83. The average molecular weight is 233 g/mol. The molecule has 2 bridgehead atoms. The van der Waals surface area contributed by atoms with Crippen molar-refractivity contribution in [3.63, 3.8) is 0 Å². The van der Waals surface area contributed by atoms with Crippen LogP contribution in [0.15, 0.2) is 0 Å². The molecule has 5 heteroatoms. The second kappa shape index (κ2) is 4.03. The molecule has 2 unspecified atom stereocenters. The van der Waals surface area contributed by atoms with E-state index in [-0.39, 0.29) is 24.4 Å². The third-order valence-corrected chi connectivity index (χ3v) is 5.51. The van der Waals surface area contributed by atoms with Crippen LogP contribution in [0.3, 0.4) is 0 Å². The Labute approximate surface area is 91.3 Å². The second-order valence-corrected chi connectivity index (χ2v) is 6.82. The van der Waals surface area contributed by atoms with Gasteiger partial charge in [0.2, 0.25) is 10.0 Å². The highest BCUT2D eigenvalue weighted by Crippen LogP contribution is 2.40. The van der Waals surface area contributed by atoms with Crippen LogP contribution in [0, 0.1) is 5.92 Å². The maximum Gasteiger partial charge on any atom is 0.216 e. The van der Waals surface area contributed by atoms with Gasteiger partial charge in [-0.3, -0.25) is 0 Å². The molecule has 2 fully saturated rings. The molecule has 0 spiro atoms. The Morgan fingerprint density at radius 3 is 2.27 bits per heavy atom. The first-order valence-corrected chi connectivity index (χ1v) is 7.27. The van der Waals surface area contributed by atoms with Gasteiger partial charge in [-0.25, -0.2) is 8.42 Å². The summed E-state index contributed by atoms with van der Waals surface area (Å²) in [5.74, 6) is 0.525. The van der Waals surface area contributed by atoms with E-state index in [2.05, 4.69) is 6.92 Å². The molecule has 2 aliphatic rings. The van der Waals surface area contributed by atoms with Crippen molar-refractivity contribution in [2.75, 3.05) is 12.4 Å². The molecule has 15 heavy (non-hydrogen) atoms. The molecule has 2 atom stereocenters.